The van der Waals surface area contributed by atoms with Gasteiger partial charge in [-0.1, -0.05) is 33.1 Å². The van der Waals surface area contributed by atoms with Crippen LogP contribution in [0.1, 0.15) is 52.4 Å². The maximum Gasteiger partial charge on any atom is 0.0329 e. The van der Waals surface area contributed by atoms with E-state index in [1.807, 2.05) is 0 Å². The maximum atomic E-state index is 11.2. The second-order valence-electron chi connectivity index (χ2n) is 5.11. The second-order valence-corrected chi connectivity index (χ2v) is 6.91. The Kier molecular flexibility index (Phi) is 6.59. The van der Waals surface area contributed by atoms with E-state index in [0.717, 1.165) is 24.9 Å². The summed E-state index contributed by atoms with van der Waals surface area (Å²) in [6.45, 7) is 5.41. The Bertz CT molecular complexity index is 220. The Labute approximate surface area is 103 Å². The summed E-state index contributed by atoms with van der Waals surface area (Å²) in [5.74, 6) is 0.871. The van der Waals surface area contributed by atoms with Crippen molar-refractivity contribution in [1.82, 2.24) is 5.32 Å². The predicted molar refractivity (Wildman–Crippen MR) is 72.2 cm³/mol. The highest BCUT2D eigenvalue weighted by atomic mass is 32.2. The Balaban J connectivity index is 2.22. The molecule has 0 aromatic carbocycles. The molecule has 1 N–H and O–H groups in total. The molecule has 0 saturated heterocycles. The lowest BCUT2D eigenvalue weighted by Crippen LogP contribution is -2.39. The molecule has 0 aromatic rings. The first kappa shape index (κ1) is 14.2. The normalized spacial score (nSPS) is 29.9. The second kappa shape index (κ2) is 7.44. The van der Waals surface area contributed by atoms with Gasteiger partial charge in [-0.05, 0) is 31.7 Å². The van der Waals surface area contributed by atoms with Crippen LogP contribution in [-0.2, 0) is 10.8 Å². The highest BCUT2D eigenvalue weighted by molar-refractivity contribution is 7.84. The van der Waals surface area contributed by atoms with Crippen LogP contribution in [0.3, 0.4) is 0 Å². The summed E-state index contributed by atoms with van der Waals surface area (Å²) in [5, 5.41) is 4.00. The molecule has 1 fully saturated rings. The number of hydrogen-bond acceptors (Lipinski definition) is 2. The molecule has 0 radical (unpaired) electrons. The quantitative estimate of drug-likeness (QED) is 0.779. The Morgan fingerprint density at radius 3 is 2.69 bits per heavy atom. The Morgan fingerprint density at radius 1 is 1.38 bits per heavy atom. The predicted octanol–water partition coefficient (Wildman–Crippen LogP) is 2.70. The third-order valence-electron chi connectivity index (χ3n) is 3.96. The molecule has 16 heavy (non-hydrogen) atoms. The zero-order valence-electron chi connectivity index (χ0n) is 11.0. The molecule has 1 aliphatic carbocycles. The summed E-state index contributed by atoms with van der Waals surface area (Å²) < 4.78 is 11.2. The molecule has 1 saturated carbocycles. The standard InChI is InChI=1S/C13H27NOS/c1-4-12-7-5-6-8-13(12)14-10-9-11(2)16(3)15/h11-14H,4-10H2,1-3H3. The third kappa shape index (κ3) is 4.54. The molecule has 0 spiro atoms. The van der Waals surface area contributed by atoms with E-state index in [1.165, 1.54) is 32.1 Å². The minimum atomic E-state index is -0.667. The number of nitrogens with one attached hydrogen (secondary N) is 1. The van der Waals surface area contributed by atoms with Gasteiger partial charge in [-0.2, -0.15) is 0 Å². The topological polar surface area (TPSA) is 29.1 Å². The van der Waals surface area contributed by atoms with E-state index in [0.29, 0.717) is 5.25 Å². The van der Waals surface area contributed by atoms with Crippen molar-refractivity contribution in [3.63, 3.8) is 0 Å². The molecule has 1 aliphatic rings. The molecule has 0 amide bonds. The van der Waals surface area contributed by atoms with Crippen molar-refractivity contribution in [3.05, 3.63) is 0 Å². The summed E-state index contributed by atoms with van der Waals surface area (Å²) in [6.07, 6.45) is 9.66. The Morgan fingerprint density at radius 2 is 2.06 bits per heavy atom. The summed E-state index contributed by atoms with van der Waals surface area (Å²) in [4.78, 5) is 0. The van der Waals surface area contributed by atoms with Gasteiger partial charge in [0.2, 0.25) is 0 Å². The van der Waals surface area contributed by atoms with Crippen molar-refractivity contribution in [3.8, 4) is 0 Å². The minimum absolute atomic E-state index is 0.330. The van der Waals surface area contributed by atoms with Crippen LogP contribution in [0.5, 0.6) is 0 Å². The molecule has 4 atom stereocenters. The molecule has 2 nitrogen and oxygen atoms in total. The Hall–Kier alpha value is 0.110. The molecule has 0 aliphatic heterocycles. The summed E-state index contributed by atoms with van der Waals surface area (Å²) in [6, 6.07) is 0.719. The van der Waals surface area contributed by atoms with Crippen LogP contribution in [0.15, 0.2) is 0 Å². The monoisotopic (exact) mass is 245 g/mol. The minimum Gasteiger partial charge on any atom is -0.314 e. The van der Waals surface area contributed by atoms with Crippen molar-refractivity contribution in [2.24, 2.45) is 5.92 Å². The lowest BCUT2D eigenvalue weighted by atomic mass is 9.83. The number of rotatable bonds is 6. The fourth-order valence-electron chi connectivity index (χ4n) is 2.60. The molecule has 0 aromatic heterocycles. The fraction of sp³-hybridized carbons (Fsp3) is 1.00. The van der Waals surface area contributed by atoms with Crippen LogP contribution in [-0.4, -0.2) is 28.3 Å². The first-order chi connectivity index (χ1) is 7.65. The van der Waals surface area contributed by atoms with E-state index in [2.05, 4.69) is 19.2 Å². The van der Waals surface area contributed by atoms with Gasteiger partial charge in [0.05, 0.1) is 0 Å². The van der Waals surface area contributed by atoms with E-state index >= 15 is 0 Å². The van der Waals surface area contributed by atoms with Gasteiger partial charge in [0.25, 0.3) is 0 Å². The van der Waals surface area contributed by atoms with E-state index in [1.54, 1.807) is 6.26 Å². The van der Waals surface area contributed by atoms with Crippen molar-refractivity contribution < 1.29 is 4.21 Å². The summed E-state index contributed by atoms with van der Waals surface area (Å²) in [7, 11) is -0.667. The first-order valence-corrected chi connectivity index (χ1v) is 8.32. The van der Waals surface area contributed by atoms with Gasteiger partial charge in [0.1, 0.15) is 0 Å². The van der Waals surface area contributed by atoms with Gasteiger partial charge in [-0.15, -0.1) is 0 Å². The first-order valence-electron chi connectivity index (χ1n) is 6.70. The van der Waals surface area contributed by atoms with Crippen LogP contribution in [0, 0.1) is 5.92 Å². The highest BCUT2D eigenvalue weighted by Crippen LogP contribution is 2.26. The smallest absolute Gasteiger partial charge is 0.0329 e. The van der Waals surface area contributed by atoms with Gasteiger partial charge in [-0.3, -0.25) is 4.21 Å². The van der Waals surface area contributed by atoms with Crippen molar-refractivity contribution in [1.29, 1.82) is 0 Å². The maximum absolute atomic E-state index is 11.2. The molecule has 96 valence electrons. The zero-order valence-corrected chi connectivity index (χ0v) is 11.8. The average Bonchev–Trinajstić information content (AvgIpc) is 2.29. The van der Waals surface area contributed by atoms with Crippen LogP contribution in [0.25, 0.3) is 0 Å². The van der Waals surface area contributed by atoms with Crippen molar-refractivity contribution in [2.45, 2.75) is 63.7 Å². The van der Waals surface area contributed by atoms with Crippen molar-refractivity contribution >= 4 is 10.8 Å². The number of hydrogen-bond donors (Lipinski definition) is 1. The molecule has 4 unspecified atom stereocenters. The van der Waals surface area contributed by atoms with Gasteiger partial charge in [0, 0.05) is 28.3 Å². The van der Waals surface area contributed by atoms with E-state index < -0.39 is 10.8 Å². The van der Waals surface area contributed by atoms with Gasteiger partial charge < -0.3 is 5.32 Å². The van der Waals surface area contributed by atoms with Crippen LogP contribution in [0.4, 0.5) is 0 Å². The van der Waals surface area contributed by atoms with Gasteiger partial charge in [0.15, 0.2) is 0 Å². The lowest BCUT2D eigenvalue weighted by molar-refractivity contribution is 0.255. The molecule has 0 heterocycles. The van der Waals surface area contributed by atoms with Crippen LogP contribution >= 0.6 is 0 Å². The summed E-state index contributed by atoms with van der Waals surface area (Å²) >= 11 is 0. The average molecular weight is 245 g/mol. The lowest BCUT2D eigenvalue weighted by Gasteiger charge is -2.32. The molecule has 0 bridgehead atoms. The van der Waals surface area contributed by atoms with E-state index in [-0.39, 0.29) is 0 Å². The van der Waals surface area contributed by atoms with Crippen LogP contribution in [0.2, 0.25) is 0 Å². The molecule has 3 heteroatoms. The molecular weight excluding hydrogens is 218 g/mol. The zero-order chi connectivity index (χ0) is 12.0. The van der Waals surface area contributed by atoms with Crippen molar-refractivity contribution in [2.75, 3.05) is 12.8 Å². The molecule has 1 rings (SSSR count). The summed E-state index contributed by atoms with van der Waals surface area (Å²) in [5.41, 5.74) is 0. The van der Waals surface area contributed by atoms with Crippen LogP contribution < -0.4 is 5.32 Å². The van der Waals surface area contributed by atoms with E-state index in [9.17, 15) is 4.21 Å². The largest absolute Gasteiger partial charge is 0.314 e. The third-order valence-corrected chi connectivity index (χ3v) is 5.33. The molecular formula is C13H27NOS. The van der Waals surface area contributed by atoms with Gasteiger partial charge >= 0.3 is 0 Å². The SMILES string of the molecule is CCC1CCCCC1NCCC(C)S(C)=O. The van der Waals surface area contributed by atoms with E-state index in [4.69, 9.17) is 0 Å². The highest BCUT2D eigenvalue weighted by Gasteiger charge is 2.22. The van der Waals surface area contributed by atoms with Gasteiger partial charge in [-0.25, -0.2) is 0 Å². The fourth-order valence-corrected chi connectivity index (χ4v) is 3.05.